The van der Waals surface area contributed by atoms with Crippen LogP contribution in [0.25, 0.3) is 0 Å². The van der Waals surface area contributed by atoms with Crippen LogP contribution in [0, 0.1) is 11.8 Å². The van der Waals surface area contributed by atoms with Crippen LogP contribution in [0.15, 0.2) is 11.6 Å². The number of allylic oxidation sites excluding steroid dienone is 1. The van der Waals surface area contributed by atoms with Crippen molar-refractivity contribution in [2.45, 2.75) is 77.5 Å². The molecule has 25 heavy (non-hydrogen) atoms. The molecule has 1 rings (SSSR count). The molecular weight excluding hydrogens is 332 g/mol. The monoisotopic (exact) mass is 368 g/mol. The normalized spacial score (nSPS) is 20.8. The van der Waals surface area contributed by atoms with Crippen LogP contribution in [-0.2, 0) is 18.6 Å². The van der Waals surface area contributed by atoms with Gasteiger partial charge in [0.15, 0.2) is 14.6 Å². The van der Waals surface area contributed by atoms with Crippen LogP contribution < -0.4 is 0 Å². The highest BCUT2D eigenvalue weighted by Crippen LogP contribution is 2.36. The number of ether oxygens (including phenoxy) is 3. The Morgan fingerprint density at radius 1 is 1.32 bits per heavy atom. The quantitative estimate of drug-likeness (QED) is 0.489. The van der Waals surface area contributed by atoms with Gasteiger partial charge in [-0.05, 0) is 56.0 Å². The third kappa shape index (κ3) is 8.52. The van der Waals surface area contributed by atoms with Crippen LogP contribution in [0.5, 0.6) is 0 Å². The van der Waals surface area contributed by atoms with E-state index in [9.17, 15) is 0 Å². The smallest absolute Gasteiger partial charge is 0.192 e. The van der Waals surface area contributed by atoms with E-state index in [4.69, 9.17) is 18.6 Å². The van der Waals surface area contributed by atoms with Crippen LogP contribution in [0.2, 0.25) is 18.1 Å². The van der Waals surface area contributed by atoms with E-state index in [0.29, 0.717) is 13.2 Å². The van der Waals surface area contributed by atoms with Crippen molar-refractivity contribution in [3.63, 3.8) is 0 Å². The third-order valence-electron chi connectivity index (χ3n) is 4.88. The zero-order chi connectivity index (χ0) is 18.9. The minimum Gasteiger partial charge on any atom is -0.413 e. The molecule has 0 amide bonds. The fourth-order valence-electron chi connectivity index (χ4n) is 2.04. The zero-order valence-corrected chi connectivity index (χ0v) is 18.1. The molecule has 5 heteroatoms. The number of methoxy groups -OCH3 is 1. The molecule has 2 atom stereocenters. The maximum atomic E-state index is 6.18. The van der Waals surface area contributed by atoms with Gasteiger partial charge in [-0.1, -0.05) is 32.6 Å². The topological polar surface area (TPSA) is 36.9 Å². The molecule has 0 spiro atoms. The maximum absolute atomic E-state index is 6.18. The lowest BCUT2D eigenvalue weighted by Crippen LogP contribution is -2.42. The molecule has 0 aliphatic carbocycles. The fraction of sp³-hybridized carbons (Fsp3) is 0.800. The van der Waals surface area contributed by atoms with Crippen LogP contribution in [-0.4, -0.2) is 47.6 Å². The van der Waals surface area contributed by atoms with Gasteiger partial charge >= 0.3 is 0 Å². The average molecular weight is 369 g/mol. The Kier molecular flexibility index (Phi) is 9.40. The molecule has 1 fully saturated rings. The van der Waals surface area contributed by atoms with Gasteiger partial charge in [-0.25, -0.2) is 0 Å². The largest absolute Gasteiger partial charge is 0.413 e. The summed E-state index contributed by atoms with van der Waals surface area (Å²) in [5.41, 5.74) is 1.09. The van der Waals surface area contributed by atoms with Crippen LogP contribution >= 0.6 is 0 Å². The van der Waals surface area contributed by atoms with E-state index in [1.54, 1.807) is 7.11 Å². The fourth-order valence-corrected chi connectivity index (χ4v) is 3.04. The van der Waals surface area contributed by atoms with Crippen molar-refractivity contribution >= 4 is 8.32 Å². The Hall–Kier alpha value is -0.643. The number of hydrogen-bond donors (Lipinski definition) is 0. The molecule has 1 aliphatic rings. The van der Waals surface area contributed by atoms with Gasteiger partial charge in [-0.3, -0.25) is 0 Å². The second kappa shape index (κ2) is 10.5. The van der Waals surface area contributed by atoms with Crippen molar-refractivity contribution in [1.29, 1.82) is 0 Å². The summed E-state index contributed by atoms with van der Waals surface area (Å²) >= 11 is 0. The zero-order valence-electron chi connectivity index (χ0n) is 17.1. The molecule has 144 valence electrons. The van der Waals surface area contributed by atoms with E-state index in [1.807, 2.05) is 13.0 Å². The van der Waals surface area contributed by atoms with Crippen molar-refractivity contribution in [3.8, 4) is 11.8 Å². The first-order chi connectivity index (χ1) is 11.7. The lowest BCUT2D eigenvalue weighted by molar-refractivity contribution is -0.156. The standard InChI is InChI=1S/C20H36O4Si/c1-17(15-23-19-13-8-9-14-22-19)11-10-12-18(21-5)16-24-25(6,7)20(2,3)4/h11,18-19H,8-9,13-16H2,1-7H3/b17-11+/t18-,19?/m0/s1. The van der Waals surface area contributed by atoms with Gasteiger partial charge in [0.2, 0.25) is 0 Å². The lowest BCUT2D eigenvalue weighted by Gasteiger charge is -2.36. The Morgan fingerprint density at radius 2 is 2.04 bits per heavy atom. The average Bonchev–Trinajstić information content (AvgIpc) is 2.56. The van der Waals surface area contributed by atoms with E-state index >= 15 is 0 Å². The lowest BCUT2D eigenvalue weighted by atomic mass is 10.2. The highest BCUT2D eigenvalue weighted by atomic mass is 28.4. The highest BCUT2D eigenvalue weighted by Gasteiger charge is 2.37. The molecular formula is C20H36O4Si. The molecule has 0 bridgehead atoms. The van der Waals surface area contributed by atoms with Crippen molar-refractivity contribution in [1.82, 2.24) is 0 Å². The Balaban J connectivity index is 2.43. The molecule has 1 heterocycles. The van der Waals surface area contributed by atoms with E-state index in [2.05, 4.69) is 45.7 Å². The second-order valence-corrected chi connectivity index (χ2v) is 13.0. The second-order valence-electron chi connectivity index (χ2n) is 8.18. The SMILES string of the molecule is CO[C@@H](C#C/C=C(\C)COC1CCCCO1)CO[Si](C)(C)C(C)(C)C. The summed E-state index contributed by atoms with van der Waals surface area (Å²) in [6, 6.07) is 0. The van der Waals surface area contributed by atoms with Crippen molar-refractivity contribution in [3.05, 3.63) is 11.6 Å². The first kappa shape index (κ1) is 22.4. The molecule has 1 saturated heterocycles. The molecule has 1 unspecified atom stereocenters. The third-order valence-corrected chi connectivity index (χ3v) is 9.38. The van der Waals surface area contributed by atoms with E-state index in [-0.39, 0.29) is 17.4 Å². The summed E-state index contributed by atoms with van der Waals surface area (Å²) in [4.78, 5) is 0. The summed E-state index contributed by atoms with van der Waals surface area (Å²) < 4.78 is 22.9. The van der Waals surface area contributed by atoms with Crippen LogP contribution in [0.4, 0.5) is 0 Å². The van der Waals surface area contributed by atoms with Gasteiger partial charge in [0.05, 0.1) is 13.2 Å². The summed E-state index contributed by atoms with van der Waals surface area (Å²) in [6.45, 7) is 15.1. The Bertz CT molecular complexity index is 476. The van der Waals surface area contributed by atoms with Gasteiger partial charge in [0.1, 0.15) is 6.10 Å². The summed E-state index contributed by atoms with van der Waals surface area (Å²) in [5.74, 6) is 6.20. The highest BCUT2D eigenvalue weighted by molar-refractivity contribution is 6.74. The van der Waals surface area contributed by atoms with E-state index in [1.165, 1.54) is 6.42 Å². The van der Waals surface area contributed by atoms with Gasteiger partial charge in [-0.15, -0.1) is 0 Å². The van der Waals surface area contributed by atoms with E-state index < -0.39 is 8.32 Å². The predicted octanol–water partition coefficient (Wildman–Crippen LogP) is 4.52. The Labute approximate surface area is 155 Å². The Morgan fingerprint density at radius 3 is 2.60 bits per heavy atom. The molecule has 1 aliphatic heterocycles. The minimum atomic E-state index is -1.77. The molecule has 4 nitrogen and oxygen atoms in total. The van der Waals surface area contributed by atoms with Crippen molar-refractivity contribution in [2.24, 2.45) is 0 Å². The number of rotatable bonds is 7. The number of hydrogen-bond acceptors (Lipinski definition) is 4. The molecule has 0 aromatic rings. The summed E-state index contributed by atoms with van der Waals surface area (Å²) in [5, 5.41) is 0.188. The molecule has 0 saturated carbocycles. The van der Waals surface area contributed by atoms with Crippen LogP contribution in [0.3, 0.4) is 0 Å². The molecule has 0 N–H and O–H groups in total. The van der Waals surface area contributed by atoms with Gasteiger partial charge < -0.3 is 18.6 Å². The molecule has 0 aromatic heterocycles. The maximum Gasteiger partial charge on any atom is 0.192 e. The van der Waals surface area contributed by atoms with Gasteiger partial charge in [-0.2, -0.15) is 0 Å². The minimum absolute atomic E-state index is 0.0604. The van der Waals surface area contributed by atoms with Crippen molar-refractivity contribution < 1.29 is 18.6 Å². The molecule has 0 aromatic carbocycles. The first-order valence-corrected chi connectivity index (χ1v) is 12.1. The van der Waals surface area contributed by atoms with E-state index in [0.717, 1.165) is 25.0 Å². The van der Waals surface area contributed by atoms with Crippen LogP contribution in [0.1, 0.15) is 47.0 Å². The molecule has 0 radical (unpaired) electrons. The van der Waals surface area contributed by atoms with Gasteiger partial charge in [0, 0.05) is 13.7 Å². The van der Waals surface area contributed by atoms with Gasteiger partial charge in [0.25, 0.3) is 0 Å². The van der Waals surface area contributed by atoms with Crippen molar-refractivity contribution in [2.75, 3.05) is 26.9 Å². The predicted molar refractivity (Wildman–Crippen MR) is 105 cm³/mol. The summed E-state index contributed by atoms with van der Waals surface area (Å²) in [7, 11) is -0.0990. The first-order valence-electron chi connectivity index (χ1n) is 9.22. The summed E-state index contributed by atoms with van der Waals surface area (Å²) in [6.07, 6.45) is 4.92.